The molecule has 2 atom stereocenters. The minimum absolute atomic E-state index is 0.516. The molecule has 1 aromatic heterocycles. The minimum atomic E-state index is -0.552. The van der Waals surface area contributed by atoms with Gasteiger partial charge in [0.2, 0.25) is 0 Å². The first kappa shape index (κ1) is 14.7. The Morgan fingerprint density at radius 1 is 1.59 bits per heavy atom. The molecule has 1 N–H and O–H groups in total. The zero-order chi connectivity index (χ0) is 13.2. The molecule has 0 amide bonds. The number of halogens is 1. The largest absolute Gasteiger partial charge is 0.390 e. The molecule has 17 heavy (non-hydrogen) atoms. The van der Waals surface area contributed by atoms with Crippen molar-refractivity contribution in [2.45, 2.75) is 45.3 Å². The summed E-state index contributed by atoms with van der Waals surface area (Å²) in [6.45, 7) is 5.88. The average molecular weight is 305 g/mol. The van der Waals surface area contributed by atoms with Gasteiger partial charge in [0.1, 0.15) is 0 Å². The minimum Gasteiger partial charge on any atom is -0.390 e. The Hall–Kier alpha value is -0.390. The smallest absolute Gasteiger partial charge is 0.0909 e. The lowest BCUT2D eigenvalue weighted by atomic mass is 9.92. The fraction of sp³-hybridized carbons (Fsp3) is 0.750. The van der Waals surface area contributed by atoms with Crippen LogP contribution in [0.2, 0.25) is 0 Å². The summed E-state index contributed by atoms with van der Waals surface area (Å²) in [5.74, 6) is 0. The zero-order valence-corrected chi connectivity index (χ0v) is 12.7. The van der Waals surface area contributed by atoms with E-state index in [4.69, 9.17) is 4.74 Å². The predicted molar refractivity (Wildman–Crippen MR) is 71.1 cm³/mol. The molecule has 0 aliphatic heterocycles. The maximum atomic E-state index is 10.3. The van der Waals surface area contributed by atoms with Gasteiger partial charge in [-0.05, 0) is 36.2 Å². The van der Waals surface area contributed by atoms with E-state index in [9.17, 15) is 5.11 Å². The van der Waals surface area contributed by atoms with Crippen LogP contribution in [0.15, 0.2) is 4.47 Å². The normalized spacial score (nSPS) is 16.9. The van der Waals surface area contributed by atoms with Crippen molar-refractivity contribution in [3.05, 3.63) is 15.9 Å². The van der Waals surface area contributed by atoms with Crippen molar-refractivity contribution in [2.24, 2.45) is 7.05 Å². The summed E-state index contributed by atoms with van der Waals surface area (Å²) < 4.78 is 8.18. The Balaban J connectivity index is 2.91. The first-order chi connectivity index (χ1) is 7.85. The van der Waals surface area contributed by atoms with Crippen LogP contribution in [0, 0.1) is 6.92 Å². The molecule has 0 saturated carbocycles. The molecule has 1 aromatic rings. The molecule has 0 fully saturated rings. The van der Waals surface area contributed by atoms with E-state index >= 15 is 0 Å². The number of aliphatic hydroxyl groups excluding tert-OH is 1. The monoisotopic (exact) mass is 304 g/mol. The van der Waals surface area contributed by atoms with Gasteiger partial charge in [0, 0.05) is 20.6 Å². The number of ether oxygens (including phenoxy) is 1. The number of hydrogen-bond acceptors (Lipinski definition) is 3. The third kappa shape index (κ3) is 2.89. The van der Waals surface area contributed by atoms with E-state index < -0.39 is 11.7 Å². The Bertz CT molecular complexity index is 386. The van der Waals surface area contributed by atoms with Crippen LogP contribution < -0.4 is 0 Å². The summed E-state index contributed by atoms with van der Waals surface area (Å²) in [5, 5.41) is 14.6. The second-order valence-electron chi connectivity index (χ2n) is 4.56. The van der Waals surface area contributed by atoms with Crippen LogP contribution in [0.1, 0.15) is 31.7 Å². The van der Waals surface area contributed by atoms with Crippen LogP contribution >= 0.6 is 15.9 Å². The third-order valence-corrected chi connectivity index (χ3v) is 4.55. The van der Waals surface area contributed by atoms with Crippen LogP contribution in [0.4, 0.5) is 0 Å². The van der Waals surface area contributed by atoms with E-state index in [-0.39, 0.29) is 0 Å². The van der Waals surface area contributed by atoms with Crippen molar-refractivity contribution < 1.29 is 9.84 Å². The Morgan fingerprint density at radius 3 is 2.53 bits per heavy atom. The van der Waals surface area contributed by atoms with Crippen LogP contribution in [0.5, 0.6) is 0 Å². The lowest BCUT2D eigenvalue weighted by Crippen LogP contribution is -2.42. The van der Waals surface area contributed by atoms with Gasteiger partial charge in [-0.15, -0.1) is 0 Å². The molecule has 0 aliphatic rings. The molecule has 0 radical (unpaired) electrons. The van der Waals surface area contributed by atoms with Gasteiger partial charge < -0.3 is 9.84 Å². The van der Waals surface area contributed by atoms with Crippen LogP contribution in [-0.4, -0.2) is 33.7 Å². The molecule has 1 heterocycles. The first-order valence-corrected chi connectivity index (χ1v) is 6.56. The summed E-state index contributed by atoms with van der Waals surface area (Å²) in [4.78, 5) is 0. The zero-order valence-electron chi connectivity index (χ0n) is 11.1. The van der Waals surface area contributed by atoms with Crippen molar-refractivity contribution >= 4 is 15.9 Å². The van der Waals surface area contributed by atoms with E-state index in [1.54, 1.807) is 11.8 Å². The van der Waals surface area contributed by atoms with E-state index in [2.05, 4.69) is 21.0 Å². The SMILES string of the molecule is CCC(C)(OC)C(O)Cc1c(Br)c(C)nn1C. The molecule has 0 aromatic carbocycles. The van der Waals surface area contributed by atoms with E-state index in [1.807, 2.05) is 27.8 Å². The number of aryl methyl sites for hydroxylation is 2. The van der Waals surface area contributed by atoms with Gasteiger partial charge in [-0.1, -0.05) is 6.92 Å². The lowest BCUT2D eigenvalue weighted by molar-refractivity contribution is -0.0920. The fourth-order valence-electron chi connectivity index (χ4n) is 1.82. The number of aromatic nitrogens is 2. The summed E-state index contributed by atoms with van der Waals surface area (Å²) in [7, 11) is 3.52. The number of aliphatic hydroxyl groups is 1. The molecule has 2 unspecified atom stereocenters. The second kappa shape index (κ2) is 5.50. The van der Waals surface area contributed by atoms with E-state index in [0.717, 1.165) is 22.3 Å². The Labute approximate surface area is 111 Å². The molecule has 0 saturated heterocycles. The summed E-state index contributed by atoms with van der Waals surface area (Å²) in [6, 6.07) is 0. The van der Waals surface area contributed by atoms with Crippen molar-refractivity contribution in [2.75, 3.05) is 7.11 Å². The van der Waals surface area contributed by atoms with Gasteiger partial charge in [0.05, 0.1) is 27.6 Å². The molecule has 5 heteroatoms. The fourth-order valence-corrected chi connectivity index (χ4v) is 2.31. The highest BCUT2D eigenvalue weighted by molar-refractivity contribution is 9.10. The Kier molecular flexibility index (Phi) is 4.75. The van der Waals surface area contributed by atoms with Crippen molar-refractivity contribution in [1.29, 1.82) is 0 Å². The molecule has 4 nitrogen and oxygen atoms in total. The summed E-state index contributed by atoms with van der Waals surface area (Å²) >= 11 is 3.50. The highest BCUT2D eigenvalue weighted by Crippen LogP contribution is 2.26. The second-order valence-corrected chi connectivity index (χ2v) is 5.35. The number of methoxy groups -OCH3 is 1. The van der Waals surface area contributed by atoms with E-state index in [1.165, 1.54) is 0 Å². The van der Waals surface area contributed by atoms with Crippen molar-refractivity contribution in [1.82, 2.24) is 9.78 Å². The highest BCUT2D eigenvalue weighted by Gasteiger charge is 2.32. The van der Waals surface area contributed by atoms with Gasteiger partial charge in [0.25, 0.3) is 0 Å². The summed E-state index contributed by atoms with van der Waals surface area (Å²) in [6.07, 6.45) is 0.735. The Morgan fingerprint density at radius 2 is 2.18 bits per heavy atom. The highest BCUT2D eigenvalue weighted by atomic mass is 79.9. The molecule has 1 rings (SSSR count). The van der Waals surface area contributed by atoms with E-state index in [0.29, 0.717) is 6.42 Å². The van der Waals surface area contributed by atoms with Crippen LogP contribution in [0.25, 0.3) is 0 Å². The molecule has 0 spiro atoms. The maximum absolute atomic E-state index is 10.3. The third-order valence-electron chi connectivity index (χ3n) is 3.52. The molecule has 98 valence electrons. The predicted octanol–water partition coefficient (Wildman–Crippen LogP) is 2.21. The van der Waals surface area contributed by atoms with Gasteiger partial charge in [-0.25, -0.2) is 0 Å². The molecular weight excluding hydrogens is 284 g/mol. The average Bonchev–Trinajstić information content (AvgIpc) is 2.54. The van der Waals surface area contributed by atoms with Crippen LogP contribution in [0.3, 0.4) is 0 Å². The molecule has 0 aliphatic carbocycles. The summed E-state index contributed by atoms with van der Waals surface area (Å²) in [5.41, 5.74) is 1.41. The lowest BCUT2D eigenvalue weighted by Gasteiger charge is -2.32. The standard InChI is InChI=1S/C12H21BrN2O2/c1-6-12(3,17-5)10(16)7-9-11(13)8(2)14-15(9)4/h10,16H,6-7H2,1-5H3. The molecule has 0 bridgehead atoms. The van der Waals surface area contributed by atoms with Gasteiger partial charge in [0.15, 0.2) is 0 Å². The quantitative estimate of drug-likeness (QED) is 0.907. The number of hydrogen-bond donors (Lipinski definition) is 1. The van der Waals surface area contributed by atoms with Crippen molar-refractivity contribution in [3.8, 4) is 0 Å². The van der Waals surface area contributed by atoms with Crippen molar-refractivity contribution in [3.63, 3.8) is 0 Å². The molecular formula is C12H21BrN2O2. The first-order valence-electron chi connectivity index (χ1n) is 5.77. The van der Waals surface area contributed by atoms with Gasteiger partial charge >= 0.3 is 0 Å². The maximum Gasteiger partial charge on any atom is 0.0909 e. The van der Waals surface area contributed by atoms with Gasteiger partial charge in [-0.3, -0.25) is 4.68 Å². The topological polar surface area (TPSA) is 47.3 Å². The number of nitrogens with zero attached hydrogens (tertiary/aromatic N) is 2. The van der Waals surface area contributed by atoms with Gasteiger partial charge in [-0.2, -0.15) is 5.10 Å². The number of rotatable bonds is 5. The van der Waals surface area contributed by atoms with Crippen LogP contribution in [-0.2, 0) is 18.2 Å².